The van der Waals surface area contributed by atoms with Crippen LogP contribution < -0.4 is 0 Å². The van der Waals surface area contributed by atoms with Crippen molar-refractivity contribution in [2.45, 2.75) is 25.4 Å². The van der Waals surface area contributed by atoms with Crippen LogP contribution in [0.1, 0.15) is 24.0 Å². The molecule has 1 atom stereocenters. The van der Waals surface area contributed by atoms with Gasteiger partial charge in [0.25, 0.3) is 0 Å². The lowest BCUT2D eigenvalue weighted by atomic mass is 9.91. The zero-order valence-electron chi connectivity index (χ0n) is 10.9. The number of hydrogen-bond donors (Lipinski definition) is 1. The molecule has 110 valence electrons. The first-order valence-corrected chi connectivity index (χ1v) is 6.50. The summed E-state index contributed by atoms with van der Waals surface area (Å²) in [5.74, 6) is 0.0864. The minimum atomic E-state index is -4.34. The average molecular weight is 287 g/mol. The lowest BCUT2D eigenvalue weighted by Crippen LogP contribution is -2.39. The van der Waals surface area contributed by atoms with Crippen molar-refractivity contribution in [1.82, 2.24) is 4.90 Å². The number of alkyl halides is 3. The summed E-state index contributed by atoms with van der Waals surface area (Å²) in [5, 5.41) is 8.95. The number of amides is 1. The SMILES string of the molecule is O=C(O)N1CCCC(Cc2cccc(C(F)(F)F)c2)C1. The Morgan fingerprint density at radius 3 is 2.80 bits per heavy atom. The van der Waals surface area contributed by atoms with Gasteiger partial charge < -0.3 is 10.0 Å². The number of carboxylic acid groups (broad SMARTS) is 1. The number of rotatable bonds is 2. The van der Waals surface area contributed by atoms with E-state index in [-0.39, 0.29) is 5.92 Å². The Kier molecular flexibility index (Phi) is 4.20. The van der Waals surface area contributed by atoms with Gasteiger partial charge >= 0.3 is 12.3 Å². The van der Waals surface area contributed by atoms with Crippen molar-refractivity contribution >= 4 is 6.09 Å². The largest absolute Gasteiger partial charge is 0.465 e. The van der Waals surface area contributed by atoms with E-state index >= 15 is 0 Å². The van der Waals surface area contributed by atoms with Crippen molar-refractivity contribution in [3.05, 3.63) is 35.4 Å². The number of likely N-dealkylation sites (tertiary alicyclic amines) is 1. The van der Waals surface area contributed by atoms with Crippen LogP contribution in [-0.2, 0) is 12.6 Å². The Bertz CT molecular complexity index is 488. The van der Waals surface area contributed by atoms with Crippen LogP contribution in [0.3, 0.4) is 0 Å². The number of piperidine rings is 1. The van der Waals surface area contributed by atoms with E-state index in [0.717, 1.165) is 25.0 Å². The zero-order valence-corrected chi connectivity index (χ0v) is 10.9. The Morgan fingerprint density at radius 1 is 1.40 bits per heavy atom. The molecule has 3 nitrogen and oxygen atoms in total. The van der Waals surface area contributed by atoms with Crippen LogP contribution in [0, 0.1) is 5.92 Å². The van der Waals surface area contributed by atoms with Crippen LogP contribution in [0.25, 0.3) is 0 Å². The van der Waals surface area contributed by atoms with E-state index in [2.05, 4.69) is 0 Å². The molecule has 1 aromatic carbocycles. The van der Waals surface area contributed by atoms with Crippen molar-refractivity contribution in [1.29, 1.82) is 0 Å². The third-order valence-corrected chi connectivity index (χ3v) is 3.57. The predicted molar refractivity (Wildman–Crippen MR) is 67.5 cm³/mol. The molecule has 20 heavy (non-hydrogen) atoms. The highest BCUT2D eigenvalue weighted by atomic mass is 19.4. The van der Waals surface area contributed by atoms with E-state index in [1.165, 1.54) is 11.0 Å². The van der Waals surface area contributed by atoms with Crippen LogP contribution >= 0.6 is 0 Å². The zero-order chi connectivity index (χ0) is 14.8. The summed E-state index contributed by atoms with van der Waals surface area (Å²) in [6.07, 6.45) is -3.21. The van der Waals surface area contributed by atoms with E-state index in [1.807, 2.05) is 0 Å². The molecule has 0 bridgehead atoms. The fourth-order valence-corrected chi connectivity index (χ4v) is 2.61. The molecule has 0 saturated carbocycles. The molecule has 1 aliphatic rings. The predicted octanol–water partition coefficient (Wildman–Crippen LogP) is 3.64. The lowest BCUT2D eigenvalue weighted by Gasteiger charge is -2.30. The first-order valence-electron chi connectivity index (χ1n) is 6.50. The minimum absolute atomic E-state index is 0.0864. The van der Waals surface area contributed by atoms with E-state index in [4.69, 9.17) is 5.11 Å². The highest BCUT2D eigenvalue weighted by Gasteiger charge is 2.30. The van der Waals surface area contributed by atoms with Gasteiger partial charge in [0.05, 0.1) is 5.56 Å². The molecule has 0 aliphatic carbocycles. The smallest absolute Gasteiger partial charge is 0.416 e. The first-order chi connectivity index (χ1) is 9.36. The molecular weight excluding hydrogens is 271 g/mol. The maximum Gasteiger partial charge on any atom is 0.416 e. The molecular formula is C14H16F3NO2. The van der Waals surface area contributed by atoms with Crippen LogP contribution in [0.5, 0.6) is 0 Å². The Hall–Kier alpha value is -1.72. The van der Waals surface area contributed by atoms with E-state index in [9.17, 15) is 18.0 Å². The number of halogens is 3. The summed E-state index contributed by atoms with van der Waals surface area (Å²) >= 11 is 0. The van der Waals surface area contributed by atoms with Gasteiger partial charge in [0.15, 0.2) is 0 Å². The highest BCUT2D eigenvalue weighted by molar-refractivity contribution is 5.65. The summed E-state index contributed by atoms with van der Waals surface area (Å²) in [5.41, 5.74) is -0.0436. The second kappa shape index (κ2) is 5.73. The Morgan fingerprint density at radius 2 is 2.15 bits per heavy atom. The van der Waals surface area contributed by atoms with E-state index < -0.39 is 17.8 Å². The van der Waals surface area contributed by atoms with Crippen molar-refractivity contribution in [2.24, 2.45) is 5.92 Å². The number of benzene rings is 1. The van der Waals surface area contributed by atoms with Gasteiger partial charge in [-0.2, -0.15) is 13.2 Å². The second-order valence-electron chi connectivity index (χ2n) is 5.14. The van der Waals surface area contributed by atoms with Crippen LogP contribution in [0.4, 0.5) is 18.0 Å². The Labute approximate surface area is 115 Å². The van der Waals surface area contributed by atoms with Gasteiger partial charge in [0, 0.05) is 13.1 Å². The van der Waals surface area contributed by atoms with Gasteiger partial charge in [0.1, 0.15) is 0 Å². The monoisotopic (exact) mass is 287 g/mol. The maximum absolute atomic E-state index is 12.6. The summed E-state index contributed by atoms with van der Waals surface area (Å²) in [6, 6.07) is 5.26. The maximum atomic E-state index is 12.6. The molecule has 2 rings (SSSR count). The Balaban J connectivity index is 2.04. The number of carbonyl (C=O) groups is 1. The quantitative estimate of drug-likeness (QED) is 0.902. The molecule has 0 radical (unpaired) electrons. The van der Waals surface area contributed by atoms with Crippen molar-refractivity contribution in [3.8, 4) is 0 Å². The van der Waals surface area contributed by atoms with Crippen LogP contribution in [0.15, 0.2) is 24.3 Å². The van der Waals surface area contributed by atoms with Gasteiger partial charge in [-0.1, -0.05) is 18.2 Å². The minimum Gasteiger partial charge on any atom is -0.465 e. The molecule has 0 aromatic heterocycles. The third kappa shape index (κ3) is 3.65. The van der Waals surface area contributed by atoms with Crippen LogP contribution in [-0.4, -0.2) is 29.2 Å². The molecule has 1 aromatic rings. The summed E-state index contributed by atoms with van der Waals surface area (Å²) < 4.78 is 37.9. The van der Waals surface area contributed by atoms with E-state index in [1.54, 1.807) is 6.07 Å². The van der Waals surface area contributed by atoms with Gasteiger partial charge in [-0.15, -0.1) is 0 Å². The lowest BCUT2D eigenvalue weighted by molar-refractivity contribution is -0.137. The first kappa shape index (κ1) is 14.7. The topological polar surface area (TPSA) is 40.5 Å². The van der Waals surface area contributed by atoms with Crippen molar-refractivity contribution in [2.75, 3.05) is 13.1 Å². The third-order valence-electron chi connectivity index (χ3n) is 3.57. The molecule has 0 spiro atoms. The number of nitrogens with zero attached hydrogens (tertiary/aromatic N) is 1. The normalized spacial score (nSPS) is 19.9. The van der Waals surface area contributed by atoms with Crippen LogP contribution in [0.2, 0.25) is 0 Å². The summed E-state index contributed by atoms with van der Waals surface area (Å²) in [7, 11) is 0. The second-order valence-corrected chi connectivity index (χ2v) is 5.14. The average Bonchev–Trinajstić information content (AvgIpc) is 2.38. The summed E-state index contributed by atoms with van der Waals surface area (Å²) in [6.45, 7) is 0.903. The molecule has 6 heteroatoms. The molecule has 1 heterocycles. The van der Waals surface area contributed by atoms with Crippen molar-refractivity contribution in [3.63, 3.8) is 0 Å². The molecule has 1 N–H and O–H groups in total. The molecule has 1 amide bonds. The number of hydrogen-bond acceptors (Lipinski definition) is 1. The van der Waals surface area contributed by atoms with Gasteiger partial charge in [-0.05, 0) is 36.8 Å². The van der Waals surface area contributed by atoms with E-state index in [0.29, 0.717) is 25.1 Å². The molecule has 1 fully saturated rings. The van der Waals surface area contributed by atoms with Crippen molar-refractivity contribution < 1.29 is 23.1 Å². The fourth-order valence-electron chi connectivity index (χ4n) is 2.61. The molecule has 1 saturated heterocycles. The van der Waals surface area contributed by atoms with Gasteiger partial charge in [-0.25, -0.2) is 4.79 Å². The standard InChI is InChI=1S/C14H16F3NO2/c15-14(16,17)12-5-1-3-10(8-12)7-11-4-2-6-18(9-11)13(19)20/h1,3,5,8,11H,2,4,6-7,9H2,(H,19,20). The highest BCUT2D eigenvalue weighted by Crippen LogP contribution is 2.30. The van der Waals surface area contributed by atoms with Gasteiger partial charge in [0.2, 0.25) is 0 Å². The molecule has 1 aliphatic heterocycles. The van der Waals surface area contributed by atoms with Gasteiger partial charge in [-0.3, -0.25) is 0 Å². The summed E-state index contributed by atoms with van der Waals surface area (Å²) in [4.78, 5) is 12.3. The molecule has 1 unspecified atom stereocenters. The fraction of sp³-hybridized carbons (Fsp3) is 0.500.